The van der Waals surface area contributed by atoms with Crippen molar-refractivity contribution in [3.63, 3.8) is 0 Å². The van der Waals surface area contributed by atoms with Crippen LogP contribution in [0.3, 0.4) is 0 Å². The Morgan fingerprint density at radius 2 is 1.88 bits per heavy atom. The Labute approximate surface area is 202 Å². The van der Waals surface area contributed by atoms with Crippen molar-refractivity contribution in [2.24, 2.45) is 0 Å². The van der Waals surface area contributed by atoms with E-state index in [1.54, 1.807) is 22.2 Å². The Hall–Kier alpha value is -3.35. The Balaban J connectivity index is 1.20. The molecule has 3 heterocycles. The molecule has 1 N–H and O–H groups in total. The van der Waals surface area contributed by atoms with Crippen LogP contribution in [0.15, 0.2) is 78.0 Å². The maximum absolute atomic E-state index is 13.4. The number of thiophene rings is 1. The van der Waals surface area contributed by atoms with Gasteiger partial charge in [0, 0.05) is 22.5 Å². The van der Waals surface area contributed by atoms with Gasteiger partial charge in [0.2, 0.25) is 0 Å². The van der Waals surface area contributed by atoms with Crippen molar-refractivity contribution in [1.82, 2.24) is 19.9 Å². The van der Waals surface area contributed by atoms with E-state index in [0.29, 0.717) is 12.6 Å². The van der Waals surface area contributed by atoms with Crippen LogP contribution >= 0.6 is 11.3 Å². The number of fused-ring (bicyclic) bond motifs is 4. The minimum Gasteiger partial charge on any atom is -0.313 e. The quantitative estimate of drug-likeness (QED) is 0.393. The Bertz CT molecular complexity index is 1520. The van der Waals surface area contributed by atoms with E-state index < -0.39 is 0 Å². The fourth-order valence-electron chi connectivity index (χ4n) is 4.95. The van der Waals surface area contributed by atoms with E-state index >= 15 is 0 Å². The van der Waals surface area contributed by atoms with Gasteiger partial charge < -0.3 is 5.32 Å². The summed E-state index contributed by atoms with van der Waals surface area (Å²) in [5.41, 5.74) is 4.61. The lowest BCUT2D eigenvalue weighted by Crippen LogP contribution is -2.35. The molecule has 0 saturated heterocycles. The van der Waals surface area contributed by atoms with Gasteiger partial charge in [-0.3, -0.25) is 14.3 Å². The largest absolute Gasteiger partial charge is 0.313 e. The number of benzene rings is 2. The summed E-state index contributed by atoms with van der Waals surface area (Å²) in [6, 6.07) is 21.2. The molecule has 6 heteroatoms. The van der Waals surface area contributed by atoms with Crippen LogP contribution < -0.4 is 10.9 Å². The predicted molar refractivity (Wildman–Crippen MR) is 139 cm³/mol. The molecule has 2 aromatic carbocycles. The van der Waals surface area contributed by atoms with Gasteiger partial charge in [-0.2, -0.15) is 0 Å². The number of aromatic nitrogens is 3. The molecule has 1 unspecified atom stereocenters. The number of rotatable bonds is 6. The van der Waals surface area contributed by atoms with Crippen LogP contribution in [0.2, 0.25) is 0 Å². The highest BCUT2D eigenvalue weighted by molar-refractivity contribution is 7.18. The van der Waals surface area contributed by atoms with Crippen molar-refractivity contribution in [3.05, 3.63) is 105 Å². The van der Waals surface area contributed by atoms with Gasteiger partial charge in [-0.15, -0.1) is 11.3 Å². The summed E-state index contributed by atoms with van der Waals surface area (Å²) in [7, 11) is 0. The first-order valence-electron chi connectivity index (χ1n) is 11.9. The fraction of sp³-hybridized carbons (Fsp3) is 0.250. The molecule has 0 spiro atoms. The number of nitrogens with zero attached hydrogens (tertiary/aromatic N) is 3. The number of hydrogen-bond acceptors (Lipinski definition) is 5. The highest BCUT2D eigenvalue weighted by atomic mass is 32.1. The Kier molecular flexibility index (Phi) is 5.69. The zero-order valence-electron chi connectivity index (χ0n) is 18.9. The molecule has 34 heavy (non-hydrogen) atoms. The lowest BCUT2D eigenvalue weighted by molar-refractivity contribution is 0.466. The summed E-state index contributed by atoms with van der Waals surface area (Å²) in [5, 5.41) is 5.63. The van der Waals surface area contributed by atoms with Crippen molar-refractivity contribution < 1.29 is 0 Å². The maximum atomic E-state index is 13.4. The van der Waals surface area contributed by atoms with E-state index in [0.717, 1.165) is 58.9 Å². The first kappa shape index (κ1) is 21.2. The Morgan fingerprint density at radius 1 is 1.03 bits per heavy atom. The van der Waals surface area contributed by atoms with E-state index in [1.807, 2.05) is 24.4 Å². The minimum atomic E-state index is 0.0612. The summed E-state index contributed by atoms with van der Waals surface area (Å²) in [5.74, 6) is 0. The van der Waals surface area contributed by atoms with Crippen LogP contribution in [0.5, 0.6) is 0 Å². The van der Waals surface area contributed by atoms with Crippen LogP contribution in [0.25, 0.3) is 21.1 Å². The number of nitrogens with one attached hydrogen (secondary N) is 1. The van der Waals surface area contributed by atoms with Crippen molar-refractivity contribution in [2.45, 2.75) is 38.3 Å². The highest BCUT2D eigenvalue weighted by Crippen LogP contribution is 2.33. The van der Waals surface area contributed by atoms with Gasteiger partial charge in [0.05, 0.1) is 23.8 Å². The molecular weight excluding hydrogens is 440 g/mol. The SMILES string of the molecule is O=c1c2c3c(sc2ncn1Cc1cnc2ccccc2c1)CC(NCCc1ccccc1)CC3. The van der Waals surface area contributed by atoms with Gasteiger partial charge in [0.1, 0.15) is 4.83 Å². The second-order valence-corrected chi connectivity index (χ2v) is 10.1. The van der Waals surface area contributed by atoms with Crippen LogP contribution in [0, 0.1) is 0 Å². The molecule has 170 valence electrons. The molecule has 0 fully saturated rings. The van der Waals surface area contributed by atoms with E-state index in [2.05, 4.69) is 57.7 Å². The van der Waals surface area contributed by atoms with E-state index in [-0.39, 0.29) is 5.56 Å². The summed E-state index contributed by atoms with van der Waals surface area (Å²) >= 11 is 1.69. The summed E-state index contributed by atoms with van der Waals surface area (Å²) in [4.78, 5) is 24.8. The minimum absolute atomic E-state index is 0.0612. The molecule has 0 amide bonds. The molecule has 0 bridgehead atoms. The van der Waals surface area contributed by atoms with Gasteiger partial charge in [0.15, 0.2) is 0 Å². The average Bonchev–Trinajstić information content (AvgIpc) is 3.25. The maximum Gasteiger partial charge on any atom is 0.262 e. The van der Waals surface area contributed by atoms with Crippen molar-refractivity contribution in [3.8, 4) is 0 Å². The van der Waals surface area contributed by atoms with Crippen LogP contribution in [-0.2, 0) is 25.8 Å². The zero-order chi connectivity index (χ0) is 22.9. The normalized spacial score (nSPS) is 15.6. The molecule has 5 nitrogen and oxygen atoms in total. The first-order chi connectivity index (χ1) is 16.7. The lowest BCUT2D eigenvalue weighted by Gasteiger charge is -2.23. The van der Waals surface area contributed by atoms with E-state index in [4.69, 9.17) is 0 Å². The third kappa shape index (κ3) is 4.15. The standard InChI is InChI=1S/C28H26N4OS/c33-28-26-23-11-10-22(29-13-12-19-6-2-1-3-7-19)15-25(23)34-27(26)31-18-32(28)17-20-14-21-8-4-5-9-24(21)30-16-20/h1-9,14,16,18,22,29H,10-13,15,17H2. The summed E-state index contributed by atoms with van der Waals surface area (Å²) in [6.45, 7) is 1.45. The van der Waals surface area contributed by atoms with E-state index in [9.17, 15) is 4.79 Å². The Morgan fingerprint density at radius 3 is 2.79 bits per heavy atom. The van der Waals surface area contributed by atoms with Crippen molar-refractivity contribution in [2.75, 3.05) is 6.54 Å². The van der Waals surface area contributed by atoms with Gasteiger partial charge in [0.25, 0.3) is 5.56 Å². The summed E-state index contributed by atoms with van der Waals surface area (Å²) in [6.07, 6.45) is 7.53. The first-order valence-corrected chi connectivity index (χ1v) is 12.7. The third-order valence-electron chi connectivity index (χ3n) is 6.73. The second kappa shape index (κ2) is 9.12. The van der Waals surface area contributed by atoms with Crippen LogP contribution in [-0.4, -0.2) is 27.1 Å². The van der Waals surface area contributed by atoms with Gasteiger partial charge in [-0.25, -0.2) is 4.98 Å². The monoisotopic (exact) mass is 466 g/mol. The number of hydrogen-bond donors (Lipinski definition) is 1. The third-order valence-corrected chi connectivity index (χ3v) is 7.89. The molecule has 1 aliphatic rings. The zero-order valence-corrected chi connectivity index (χ0v) is 19.7. The average molecular weight is 467 g/mol. The molecule has 5 aromatic rings. The number of para-hydroxylation sites is 1. The predicted octanol–water partition coefficient (Wildman–Crippen LogP) is 4.74. The molecule has 1 atom stereocenters. The van der Waals surface area contributed by atoms with Crippen LogP contribution in [0.1, 0.15) is 28.0 Å². The topological polar surface area (TPSA) is 59.8 Å². The molecule has 0 aliphatic heterocycles. The fourth-order valence-corrected chi connectivity index (χ4v) is 6.21. The number of aryl methyl sites for hydroxylation is 1. The molecule has 3 aromatic heterocycles. The molecule has 0 radical (unpaired) electrons. The number of pyridine rings is 1. The van der Waals surface area contributed by atoms with Crippen molar-refractivity contribution in [1.29, 1.82) is 0 Å². The molecule has 6 rings (SSSR count). The van der Waals surface area contributed by atoms with E-state index in [1.165, 1.54) is 16.0 Å². The van der Waals surface area contributed by atoms with Gasteiger partial charge in [-0.05, 0) is 61.1 Å². The molecule has 1 aliphatic carbocycles. The lowest BCUT2D eigenvalue weighted by atomic mass is 9.93. The highest BCUT2D eigenvalue weighted by Gasteiger charge is 2.25. The summed E-state index contributed by atoms with van der Waals surface area (Å²) < 4.78 is 1.73. The van der Waals surface area contributed by atoms with Gasteiger partial charge >= 0.3 is 0 Å². The molecule has 0 saturated carbocycles. The van der Waals surface area contributed by atoms with Crippen LogP contribution in [0.4, 0.5) is 0 Å². The second-order valence-electron chi connectivity index (χ2n) is 9.03. The van der Waals surface area contributed by atoms with Gasteiger partial charge in [-0.1, -0.05) is 48.5 Å². The smallest absolute Gasteiger partial charge is 0.262 e. The molecular formula is C28H26N4OS. The van der Waals surface area contributed by atoms with Crippen molar-refractivity contribution >= 4 is 32.5 Å².